The molecule has 10 nitrogen and oxygen atoms in total. The number of nitrogens with zero attached hydrogens (tertiary/aromatic N) is 2. The summed E-state index contributed by atoms with van der Waals surface area (Å²) in [4.78, 5) is 22.2. The van der Waals surface area contributed by atoms with Crippen molar-refractivity contribution >= 4 is 39.3 Å². The predicted molar refractivity (Wildman–Crippen MR) is 154 cm³/mol. The molecule has 0 amide bonds. The summed E-state index contributed by atoms with van der Waals surface area (Å²) in [5.41, 5.74) is 2.21. The number of nitrogens with one attached hydrogen (secondary N) is 2. The number of benzene rings is 2. The molecule has 0 aliphatic heterocycles. The Morgan fingerprint density at radius 3 is 2.35 bits per heavy atom. The Balaban J connectivity index is 1.56. The zero-order chi connectivity index (χ0) is 28.9. The number of hydrogen-bond acceptors (Lipinski definition) is 9. The third kappa shape index (κ3) is 8.63. The maximum absolute atomic E-state index is 13.2. The first-order valence-corrected chi connectivity index (χ1v) is 14.9. The Bertz CT molecular complexity index is 1530. The molecule has 2 heterocycles. The van der Waals surface area contributed by atoms with Crippen molar-refractivity contribution in [2.24, 2.45) is 0 Å². The van der Waals surface area contributed by atoms with E-state index in [2.05, 4.69) is 15.3 Å². The van der Waals surface area contributed by atoms with Gasteiger partial charge in [0, 0.05) is 5.38 Å². The minimum absolute atomic E-state index is 0.233. The summed E-state index contributed by atoms with van der Waals surface area (Å²) in [5.74, 6) is -0.703. The molecule has 0 spiro atoms. The molecule has 3 N–H and O–H groups in total. The molecule has 2 aromatic heterocycles. The van der Waals surface area contributed by atoms with Crippen LogP contribution in [-0.4, -0.2) is 34.5 Å². The smallest absolute Gasteiger partial charge is 0.357 e. The van der Waals surface area contributed by atoms with Gasteiger partial charge in [0.1, 0.15) is 17.3 Å². The Morgan fingerprint density at radius 2 is 1.75 bits per heavy atom. The summed E-state index contributed by atoms with van der Waals surface area (Å²) in [6.45, 7) is 7.39. The number of esters is 1. The molecule has 0 aliphatic carbocycles. The number of aromatic nitrogens is 2. The van der Waals surface area contributed by atoms with Crippen LogP contribution in [0.1, 0.15) is 60.3 Å². The number of rotatable bonds is 11. The van der Waals surface area contributed by atoms with Gasteiger partial charge in [-0.1, -0.05) is 42.5 Å². The Labute approximate surface area is 237 Å². The van der Waals surface area contributed by atoms with Crippen molar-refractivity contribution in [1.82, 2.24) is 9.97 Å². The molecule has 2 atom stereocenters. The number of oxazole rings is 1. The van der Waals surface area contributed by atoms with Crippen LogP contribution in [-0.2, 0) is 32.7 Å². The van der Waals surface area contributed by atoms with E-state index in [0.717, 1.165) is 21.8 Å². The fourth-order valence-electron chi connectivity index (χ4n) is 4.05. The van der Waals surface area contributed by atoms with Crippen molar-refractivity contribution in [3.8, 4) is 0 Å². The molecule has 0 aliphatic rings. The average Bonchev–Trinajstić information content (AvgIpc) is 3.51. The topological polar surface area (TPSA) is 144 Å². The first-order chi connectivity index (χ1) is 18.8. The quantitative estimate of drug-likeness (QED) is 0.149. The van der Waals surface area contributed by atoms with Crippen LogP contribution < -0.4 is 10.0 Å². The molecule has 0 saturated carbocycles. The van der Waals surface area contributed by atoms with E-state index in [0.29, 0.717) is 18.6 Å². The van der Waals surface area contributed by atoms with Gasteiger partial charge in [-0.05, 0) is 63.8 Å². The van der Waals surface area contributed by atoms with Gasteiger partial charge < -0.3 is 14.5 Å². The molecule has 12 heteroatoms. The van der Waals surface area contributed by atoms with Gasteiger partial charge in [0.25, 0.3) is 6.01 Å². The number of thiazole rings is 1. The standard InChI is InChI=1S/C28H32N4O6S2/c1-18-30-24(17-39-18)23(15-20-10-12-21(13-11-20)32-40(34,35)36)31-27-29-16-25(37-27)22(26(33)38-28(2,3)4)14-19-8-6-5-7-9-19/h5-13,16-17,22-23,32H,14-15H2,1-4H3,(H,29,31)(H,34,35,36). The fraction of sp³-hybridized carbons (Fsp3) is 0.321. The summed E-state index contributed by atoms with van der Waals surface area (Å²) in [6, 6.07) is 16.2. The highest BCUT2D eigenvalue weighted by Gasteiger charge is 2.30. The van der Waals surface area contributed by atoms with E-state index in [9.17, 15) is 13.2 Å². The molecule has 0 fully saturated rings. The van der Waals surface area contributed by atoms with Crippen LogP contribution in [0.5, 0.6) is 0 Å². The van der Waals surface area contributed by atoms with Crippen molar-refractivity contribution in [3.05, 3.63) is 93.8 Å². The summed E-state index contributed by atoms with van der Waals surface area (Å²) in [7, 11) is -4.36. The van der Waals surface area contributed by atoms with Crippen molar-refractivity contribution in [1.29, 1.82) is 0 Å². The first kappa shape index (κ1) is 29.2. The number of carbonyl (C=O) groups excluding carboxylic acids is 1. The third-order valence-corrected chi connectivity index (χ3v) is 7.06. The van der Waals surface area contributed by atoms with Gasteiger partial charge in [-0.15, -0.1) is 11.3 Å². The van der Waals surface area contributed by atoms with Crippen molar-refractivity contribution in [3.63, 3.8) is 0 Å². The Hall–Kier alpha value is -3.74. The van der Waals surface area contributed by atoms with Crippen LogP contribution >= 0.6 is 11.3 Å². The van der Waals surface area contributed by atoms with Crippen LogP contribution in [0.15, 0.2) is 70.6 Å². The Kier molecular flexibility index (Phi) is 8.92. The lowest BCUT2D eigenvalue weighted by atomic mass is 9.97. The van der Waals surface area contributed by atoms with E-state index in [-0.39, 0.29) is 17.7 Å². The summed E-state index contributed by atoms with van der Waals surface area (Å²) in [6.07, 6.45) is 2.41. The van der Waals surface area contributed by atoms with E-state index in [1.165, 1.54) is 11.3 Å². The SMILES string of the molecule is Cc1nc(C(Cc2ccc(NS(=O)(=O)O)cc2)Nc2ncc(C(Cc3ccccc3)C(=O)OC(C)(C)C)o2)cs1. The number of carbonyl (C=O) groups is 1. The lowest BCUT2D eigenvalue weighted by Crippen LogP contribution is -2.28. The molecule has 40 heavy (non-hydrogen) atoms. The monoisotopic (exact) mass is 584 g/mol. The highest BCUT2D eigenvalue weighted by Crippen LogP contribution is 2.30. The minimum atomic E-state index is -4.36. The van der Waals surface area contributed by atoms with Gasteiger partial charge in [-0.3, -0.25) is 14.1 Å². The minimum Gasteiger partial charge on any atom is -0.459 e. The van der Waals surface area contributed by atoms with Gasteiger partial charge in [0.2, 0.25) is 0 Å². The van der Waals surface area contributed by atoms with E-state index < -0.39 is 27.8 Å². The van der Waals surface area contributed by atoms with Gasteiger partial charge in [0.05, 0.1) is 28.6 Å². The van der Waals surface area contributed by atoms with E-state index >= 15 is 0 Å². The van der Waals surface area contributed by atoms with Crippen molar-refractivity contribution < 1.29 is 26.9 Å². The molecule has 0 saturated heterocycles. The second-order valence-electron chi connectivity index (χ2n) is 10.3. The van der Waals surface area contributed by atoms with Crippen molar-refractivity contribution in [2.45, 2.75) is 58.1 Å². The summed E-state index contributed by atoms with van der Waals surface area (Å²) >= 11 is 1.52. The van der Waals surface area contributed by atoms with Gasteiger partial charge >= 0.3 is 16.3 Å². The largest absolute Gasteiger partial charge is 0.459 e. The number of ether oxygens (including phenoxy) is 1. The lowest BCUT2D eigenvalue weighted by Gasteiger charge is -2.23. The number of anilines is 2. The van der Waals surface area contributed by atoms with Crippen LogP contribution in [0, 0.1) is 6.92 Å². The second kappa shape index (κ2) is 12.2. The van der Waals surface area contributed by atoms with E-state index in [4.69, 9.17) is 13.7 Å². The van der Waals surface area contributed by atoms with Gasteiger partial charge in [-0.25, -0.2) is 9.97 Å². The molecule has 4 aromatic rings. The average molecular weight is 585 g/mol. The van der Waals surface area contributed by atoms with Gasteiger partial charge in [0.15, 0.2) is 0 Å². The van der Waals surface area contributed by atoms with E-state index in [1.807, 2.05) is 68.1 Å². The lowest BCUT2D eigenvalue weighted by molar-refractivity contribution is -0.157. The van der Waals surface area contributed by atoms with E-state index in [1.54, 1.807) is 30.5 Å². The van der Waals surface area contributed by atoms with Crippen LogP contribution in [0.25, 0.3) is 0 Å². The molecule has 2 unspecified atom stereocenters. The third-order valence-electron chi connectivity index (χ3n) is 5.77. The van der Waals surface area contributed by atoms with Crippen LogP contribution in [0.2, 0.25) is 0 Å². The molecule has 2 aromatic carbocycles. The molecule has 4 rings (SSSR count). The fourth-order valence-corrected chi connectivity index (χ4v) is 5.15. The predicted octanol–water partition coefficient (Wildman–Crippen LogP) is 5.72. The Morgan fingerprint density at radius 1 is 1.07 bits per heavy atom. The molecule has 212 valence electrons. The normalized spacial score (nSPS) is 13.4. The highest BCUT2D eigenvalue weighted by atomic mass is 32.2. The molecular weight excluding hydrogens is 552 g/mol. The molecule has 0 bridgehead atoms. The van der Waals surface area contributed by atoms with Crippen molar-refractivity contribution in [2.75, 3.05) is 10.0 Å². The number of aryl methyl sites for hydroxylation is 1. The zero-order valence-electron chi connectivity index (χ0n) is 22.6. The summed E-state index contributed by atoms with van der Waals surface area (Å²) in [5, 5.41) is 6.15. The molecular formula is C28H32N4O6S2. The zero-order valence-corrected chi connectivity index (χ0v) is 24.3. The first-order valence-electron chi connectivity index (χ1n) is 12.6. The molecule has 0 radical (unpaired) electrons. The maximum atomic E-state index is 13.2. The second-order valence-corrected chi connectivity index (χ2v) is 12.5. The van der Waals surface area contributed by atoms with Gasteiger partial charge in [-0.2, -0.15) is 8.42 Å². The maximum Gasteiger partial charge on any atom is 0.357 e. The van der Waals surface area contributed by atoms with Crippen LogP contribution in [0.4, 0.5) is 11.7 Å². The van der Waals surface area contributed by atoms with Crippen LogP contribution in [0.3, 0.4) is 0 Å². The highest BCUT2D eigenvalue weighted by molar-refractivity contribution is 7.87. The number of hydrogen-bond donors (Lipinski definition) is 3. The summed E-state index contributed by atoms with van der Waals surface area (Å²) < 4.78 is 45.0.